The van der Waals surface area contributed by atoms with Gasteiger partial charge in [0, 0.05) is 18.4 Å². The quantitative estimate of drug-likeness (QED) is 0.822. The number of thioether (sulfide) groups is 1. The number of nitrogens with zero attached hydrogens (tertiary/aromatic N) is 5. The van der Waals surface area contributed by atoms with Crippen LogP contribution in [0.4, 0.5) is 0 Å². The van der Waals surface area contributed by atoms with Crippen LogP contribution in [0, 0.1) is 0 Å². The number of nitrogens with two attached hydrogens (primary N) is 1. The monoisotopic (exact) mass is 264 g/mol. The summed E-state index contributed by atoms with van der Waals surface area (Å²) in [6, 6.07) is 2.09. The molecule has 0 amide bonds. The van der Waals surface area contributed by atoms with E-state index in [4.69, 9.17) is 5.73 Å². The van der Waals surface area contributed by atoms with Gasteiger partial charge in [-0.2, -0.15) is 0 Å². The average Bonchev–Trinajstić information content (AvgIpc) is 2.80. The van der Waals surface area contributed by atoms with Crippen molar-refractivity contribution in [2.75, 3.05) is 0 Å². The molecule has 0 aliphatic rings. The highest BCUT2D eigenvalue weighted by Crippen LogP contribution is 2.23. The Morgan fingerprint density at radius 1 is 1.28 bits per heavy atom. The van der Waals surface area contributed by atoms with E-state index < -0.39 is 0 Å². The van der Waals surface area contributed by atoms with E-state index in [2.05, 4.69) is 34.0 Å². The van der Waals surface area contributed by atoms with Crippen LogP contribution >= 0.6 is 11.8 Å². The van der Waals surface area contributed by atoms with Gasteiger partial charge in [-0.25, -0.2) is 9.97 Å². The molecule has 0 bridgehead atoms. The van der Waals surface area contributed by atoms with Crippen molar-refractivity contribution in [2.45, 2.75) is 37.3 Å². The van der Waals surface area contributed by atoms with Crippen molar-refractivity contribution in [3.05, 3.63) is 30.1 Å². The Kier molecular flexibility index (Phi) is 4.27. The highest BCUT2D eigenvalue weighted by atomic mass is 32.2. The molecule has 6 nitrogen and oxygen atoms in total. The fraction of sp³-hybridized carbons (Fsp3) is 0.455. The van der Waals surface area contributed by atoms with Crippen molar-refractivity contribution in [3.63, 3.8) is 0 Å². The molecule has 0 unspecified atom stereocenters. The first-order chi connectivity index (χ1) is 8.72. The van der Waals surface area contributed by atoms with Gasteiger partial charge in [0.2, 0.25) is 0 Å². The van der Waals surface area contributed by atoms with Gasteiger partial charge < -0.3 is 10.3 Å². The molecule has 0 aliphatic heterocycles. The smallest absolute Gasteiger partial charge is 0.191 e. The SMILES string of the molecule is CC(C)n1c(CN)nnc1SCc1ncccn1. The molecule has 0 saturated carbocycles. The summed E-state index contributed by atoms with van der Waals surface area (Å²) in [5.41, 5.74) is 5.65. The second-order valence-electron chi connectivity index (χ2n) is 4.02. The standard InChI is InChI=1S/C11H16N6S/c1-8(2)17-10(6-12)15-16-11(17)18-7-9-13-4-3-5-14-9/h3-5,8H,6-7,12H2,1-2H3. The molecule has 0 aromatic carbocycles. The number of aromatic nitrogens is 5. The third-order valence-electron chi connectivity index (χ3n) is 2.38. The molecule has 0 atom stereocenters. The highest BCUT2D eigenvalue weighted by molar-refractivity contribution is 7.98. The van der Waals surface area contributed by atoms with Crippen molar-refractivity contribution in [2.24, 2.45) is 5.73 Å². The zero-order valence-corrected chi connectivity index (χ0v) is 11.3. The fourth-order valence-corrected chi connectivity index (χ4v) is 2.56. The number of rotatable bonds is 5. The molecule has 0 aliphatic carbocycles. The van der Waals surface area contributed by atoms with Gasteiger partial charge in [-0.05, 0) is 19.9 Å². The zero-order valence-electron chi connectivity index (χ0n) is 10.4. The lowest BCUT2D eigenvalue weighted by atomic mass is 10.4. The fourth-order valence-electron chi connectivity index (χ4n) is 1.60. The lowest BCUT2D eigenvalue weighted by Crippen LogP contribution is -2.11. The zero-order chi connectivity index (χ0) is 13.0. The molecule has 2 rings (SSSR count). The van der Waals surface area contributed by atoms with Gasteiger partial charge >= 0.3 is 0 Å². The van der Waals surface area contributed by atoms with Crippen LogP contribution in [0.25, 0.3) is 0 Å². The molecule has 2 N–H and O–H groups in total. The van der Waals surface area contributed by atoms with E-state index in [0.29, 0.717) is 12.3 Å². The van der Waals surface area contributed by atoms with Crippen molar-refractivity contribution >= 4 is 11.8 Å². The Bertz CT molecular complexity index is 495. The molecule has 2 heterocycles. The van der Waals surface area contributed by atoms with Crippen molar-refractivity contribution in [1.82, 2.24) is 24.7 Å². The van der Waals surface area contributed by atoms with Gasteiger partial charge in [-0.15, -0.1) is 10.2 Å². The van der Waals surface area contributed by atoms with Gasteiger partial charge in [0.1, 0.15) is 11.6 Å². The summed E-state index contributed by atoms with van der Waals surface area (Å²) < 4.78 is 2.05. The van der Waals surface area contributed by atoms with Crippen LogP contribution in [-0.2, 0) is 12.3 Å². The minimum atomic E-state index is 0.290. The van der Waals surface area contributed by atoms with Crippen LogP contribution in [0.1, 0.15) is 31.5 Å². The van der Waals surface area contributed by atoms with Crippen LogP contribution in [0.15, 0.2) is 23.6 Å². The topological polar surface area (TPSA) is 82.5 Å². The van der Waals surface area contributed by atoms with Crippen molar-refractivity contribution < 1.29 is 0 Å². The third kappa shape index (κ3) is 2.85. The third-order valence-corrected chi connectivity index (χ3v) is 3.32. The predicted molar refractivity (Wildman–Crippen MR) is 69.9 cm³/mol. The minimum absolute atomic E-state index is 0.290. The Hall–Kier alpha value is -1.47. The number of hydrogen-bond acceptors (Lipinski definition) is 6. The summed E-state index contributed by atoms with van der Waals surface area (Å²) in [4.78, 5) is 8.36. The van der Waals surface area contributed by atoms with E-state index in [1.54, 1.807) is 30.2 Å². The summed E-state index contributed by atoms with van der Waals surface area (Å²) >= 11 is 1.57. The van der Waals surface area contributed by atoms with E-state index in [9.17, 15) is 0 Å². The Balaban J connectivity index is 2.12. The van der Waals surface area contributed by atoms with Crippen LogP contribution in [0.3, 0.4) is 0 Å². The largest absolute Gasteiger partial charge is 0.324 e. The average molecular weight is 264 g/mol. The maximum Gasteiger partial charge on any atom is 0.191 e. The summed E-state index contributed by atoms with van der Waals surface area (Å²) in [5.74, 6) is 2.27. The van der Waals surface area contributed by atoms with Gasteiger partial charge in [0.25, 0.3) is 0 Å². The number of hydrogen-bond donors (Lipinski definition) is 1. The van der Waals surface area contributed by atoms with E-state index >= 15 is 0 Å². The molecule has 0 fully saturated rings. The first-order valence-electron chi connectivity index (χ1n) is 5.75. The van der Waals surface area contributed by atoms with Gasteiger partial charge in [0.15, 0.2) is 5.16 Å². The van der Waals surface area contributed by atoms with E-state index in [1.165, 1.54) is 0 Å². The first kappa shape index (κ1) is 13.0. The summed E-state index contributed by atoms with van der Waals surface area (Å²) in [7, 11) is 0. The normalized spacial score (nSPS) is 11.1. The van der Waals surface area contributed by atoms with E-state index in [-0.39, 0.29) is 6.04 Å². The summed E-state index contributed by atoms with van der Waals surface area (Å²) in [5, 5.41) is 9.12. The lowest BCUT2D eigenvalue weighted by molar-refractivity contribution is 0.526. The summed E-state index contributed by atoms with van der Waals surface area (Å²) in [6.07, 6.45) is 3.47. The molecule has 96 valence electrons. The second kappa shape index (κ2) is 5.92. The molecule has 7 heteroatoms. The maximum absolute atomic E-state index is 5.65. The predicted octanol–water partition coefficient (Wildman–Crippen LogP) is 1.40. The van der Waals surface area contributed by atoms with Crippen molar-refractivity contribution in [1.29, 1.82) is 0 Å². The van der Waals surface area contributed by atoms with Crippen LogP contribution < -0.4 is 5.73 Å². The van der Waals surface area contributed by atoms with Crippen LogP contribution in [0.5, 0.6) is 0 Å². The lowest BCUT2D eigenvalue weighted by Gasteiger charge is -2.12. The molecule has 2 aromatic heterocycles. The molecule has 18 heavy (non-hydrogen) atoms. The van der Waals surface area contributed by atoms with Crippen LogP contribution in [-0.4, -0.2) is 24.7 Å². The molecule has 0 spiro atoms. The molecule has 0 saturated heterocycles. The van der Waals surface area contributed by atoms with E-state index in [1.807, 2.05) is 4.57 Å². The molecule has 0 radical (unpaired) electrons. The minimum Gasteiger partial charge on any atom is -0.324 e. The van der Waals surface area contributed by atoms with Gasteiger partial charge in [-0.1, -0.05) is 11.8 Å². The molecular formula is C11H16N6S. The maximum atomic E-state index is 5.65. The van der Waals surface area contributed by atoms with Gasteiger partial charge in [-0.3, -0.25) is 0 Å². The summed E-state index contributed by atoms with van der Waals surface area (Å²) in [6.45, 7) is 4.57. The Morgan fingerprint density at radius 3 is 2.61 bits per heavy atom. The first-order valence-corrected chi connectivity index (χ1v) is 6.73. The van der Waals surface area contributed by atoms with E-state index in [0.717, 1.165) is 16.8 Å². The Morgan fingerprint density at radius 2 is 2.00 bits per heavy atom. The second-order valence-corrected chi connectivity index (χ2v) is 4.96. The molecule has 2 aromatic rings. The highest BCUT2D eigenvalue weighted by Gasteiger charge is 2.14. The van der Waals surface area contributed by atoms with Crippen LogP contribution in [0.2, 0.25) is 0 Å². The van der Waals surface area contributed by atoms with Crippen molar-refractivity contribution in [3.8, 4) is 0 Å². The van der Waals surface area contributed by atoms with Gasteiger partial charge in [0.05, 0.1) is 12.3 Å². The molecular weight excluding hydrogens is 248 g/mol. The Labute approximate surface area is 110 Å².